The van der Waals surface area contributed by atoms with Crippen LogP contribution in [-0.4, -0.2) is 43.0 Å². The first-order chi connectivity index (χ1) is 11.3. The molecule has 0 amide bonds. The van der Waals surface area contributed by atoms with Gasteiger partial charge >= 0.3 is 0 Å². The van der Waals surface area contributed by atoms with Crippen molar-refractivity contribution < 1.29 is 0 Å². The lowest BCUT2D eigenvalue weighted by atomic mass is 9.72. The summed E-state index contributed by atoms with van der Waals surface area (Å²) in [6, 6.07) is 6.82. The number of rotatable bonds is 2. The number of nitrogens with zero attached hydrogens (tertiary/aromatic N) is 5. The van der Waals surface area contributed by atoms with Crippen LogP contribution in [0.15, 0.2) is 22.4 Å². The molecule has 0 spiro atoms. The number of likely N-dealkylation sites (tertiary alicyclic amines) is 1. The van der Waals surface area contributed by atoms with Gasteiger partial charge in [0.05, 0.1) is 5.57 Å². The molecule has 1 heterocycles. The minimum atomic E-state index is -0.0532. The lowest BCUT2D eigenvalue weighted by molar-refractivity contribution is 0.156. The van der Waals surface area contributed by atoms with E-state index >= 15 is 0 Å². The highest BCUT2D eigenvalue weighted by Gasteiger charge is 2.35. The molecule has 1 fully saturated rings. The Labute approximate surface area is 145 Å². The fourth-order valence-electron chi connectivity index (χ4n) is 3.77. The van der Waals surface area contributed by atoms with Crippen LogP contribution in [0.5, 0.6) is 0 Å². The lowest BCUT2D eigenvalue weighted by Gasteiger charge is -2.42. The lowest BCUT2D eigenvalue weighted by Crippen LogP contribution is -2.43. The maximum Gasteiger partial charge on any atom is 0.134 e. The van der Waals surface area contributed by atoms with Gasteiger partial charge in [-0.15, -0.1) is 0 Å². The van der Waals surface area contributed by atoms with Crippen LogP contribution in [0.4, 0.5) is 0 Å². The largest absolute Gasteiger partial charge is 0.374 e. The summed E-state index contributed by atoms with van der Waals surface area (Å²) in [6.07, 6.45) is 3.55. The standard InChI is InChI=1S/C19H25N5/c1-19(2)9-16(14(11-20)12-21)17(13-22)18(10-19)24-7-5-15(6-8-24)23(3)4/h15H,5-10H2,1-4H3. The highest BCUT2D eigenvalue weighted by atomic mass is 15.2. The first kappa shape index (κ1) is 18.1. The average Bonchev–Trinajstić information content (AvgIpc) is 2.55. The Bertz CT molecular complexity index is 667. The van der Waals surface area contributed by atoms with E-state index in [2.05, 4.69) is 43.8 Å². The van der Waals surface area contributed by atoms with Crippen LogP contribution in [0.2, 0.25) is 0 Å². The van der Waals surface area contributed by atoms with Crippen molar-refractivity contribution in [2.45, 2.75) is 45.6 Å². The summed E-state index contributed by atoms with van der Waals surface area (Å²) in [5, 5.41) is 28.3. The molecule has 0 N–H and O–H groups in total. The molecule has 5 heteroatoms. The molecule has 5 nitrogen and oxygen atoms in total. The maximum absolute atomic E-state index is 9.72. The van der Waals surface area contributed by atoms with Crippen LogP contribution < -0.4 is 0 Å². The van der Waals surface area contributed by atoms with Crippen molar-refractivity contribution in [1.29, 1.82) is 15.8 Å². The molecule has 0 atom stereocenters. The predicted molar refractivity (Wildman–Crippen MR) is 92.2 cm³/mol. The minimum absolute atomic E-state index is 0.0532. The normalized spacial score (nSPS) is 21.2. The van der Waals surface area contributed by atoms with E-state index in [0.717, 1.165) is 38.0 Å². The molecular formula is C19H25N5. The highest BCUT2D eigenvalue weighted by molar-refractivity contribution is 5.57. The summed E-state index contributed by atoms with van der Waals surface area (Å²) < 4.78 is 0. The zero-order valence-corrected chi connectivity index (χ0v) is 15.1. The summed E-state index contributed by atoms with van der Waals surface area (Å²) in [5.74, 6) is 0. The van der Waals surface area contributed by atoms with Crippen molar-refractivity contribution in [1.82, 2.24) is 9.80 Å². The quantitative estimate of drug-likeness (QED) is 0.730. The van der Waals surface area contributed by atoms with Gasteiger partial charge in [0, 0.05) is 30.4 Å². The molecule has 126 valence electrons. The first-order valence-electron chi connectivity index (χ1n) is 8.41. The molecule has 0 aromatic heterocycles. The SMILES string of the molecule is CN(C)C1CCN(C2=C(C#N)C(=C(C#N)C#N)CC(C)(C)C2)CC1. The van der Waals surface area contributed by atoms with Gasteiger partial charge in [0.25, 0.3) is 0 Å². The van der Waals surface area contributed by atoms with E-state index in [1.807, 2.05) is 12.1 Å². The van der Waals surface area contributed by atoms with Gasteiger partial charge in [-0.3, -0.25) is 0 Å². The van der Waals surface area contributed by atoms with Gasteiger partial charge < -0.3 is 9.80 Å². The van der Waals surface area contributed by atoms with E-state index in [0.29, 0.717) is 23.6 Å². The molecule has 2 aliphatic rings. The van der Waals surface area contributed by atoms with E-state index in [1.165, 1.54) is 0 Å². The topological polar surface area (TPSA) is 77.8 Å². The Morgan fingerprint density at radius 3 is 2.12 bits per heavy atom. The summed E-state index contributed by atoms with van der Waals surface area (Å²) in [6.45, 7) is 6.11. The average molecular weight is 323 g/mol. The van der Waals surface area contributed by atoms with E-state index in [-0.39, 0.29) is 11.0 Å². The fraction of sp³-hybridized carbons (Fsp3) is 0.632. The Balaban J connectivity index is 2.43. The van der Waals surface area contributed by atoms with E-state index in [1.54, 1.807) is 0 Å². The molecule has 1 aliphatic heterocycles. The maximum atomic E-state index is 9.72. The van der Waals surface area contributed by atoms with Gasteiger partial charge in [0.15, 0.2) is 0 Å². The van der Waals surface area contributed by atoms with E-state index in [4.69, 9.17) is 0 Å². The first-order valence-corrected chi connectivity index (χ1v) is 8.41. The molecule has 1 aliphatic carbocycles. The molecule has 24 heavy (non-hydrogen) atoms. The molecule has 0 saturated carbocycles. The molecule has 0 bridgehead atoms. The second kappa shape index (κ2) is 7.08. The van der Waals surface area contributed by atoms with Crippen LogP contribution >= 0.6 is 0 Å². The van der Waals surface area contributed by atoms with Crippen molar-refractivity contribution in [3.05, 3.63) is 22.4 Å². The Morgan fingerprint density at radius 2 is 1.67 bits per heavy atom. The summed E-state index contributed by atoms with van der Waals surface area (Å²) in [4.78, 5) is 4.56. The van der Waals surface area contributed by atoms with Gasteiger partial charge in [-0.05, 0) is 45.2 Å². The minimum Gasteiger partial charge on any atom is -0.374 e. The third-order valence-electron chi connectivity index (χ3n) is 5.11. The Kier molecular flexibility index (Phi) is 5.33. The molecule has 0 radical (unpaired) electrons. The van der Waals surface area contributed by atoms with Crippen LogP contribution in [0.25, 0.3) is 0 Å². The highest BCUT2D eigenvalue weighted by Crippen LogP contribution is 2.44. The van der Waals surface area contributed by atoms with E-state index < -0.39 is 0 Å². The fourth-order valence-corrected chi connectivity index (χ4v) is 3.77. The van der Waals surface area contributed by atoms with E-state index in [9.17, 15) is 15.8 Å². The van der Waals surface area contributed by atoms with Crippen molar-refractivity contribution in [2.24, 2.45) is 5.41 Å². The van der Waals surface area contributed by atoms with Gasteiger partial charge in [0.2, 0.25) is 0 Å². The van der Waals surface area contributed by atoms with Crippen molar-refractivity contribution in [3.8, 4) is 18.2 Å². The zero-order chi connectivity index (χ0) is 17.9. The summed E-state index contributed by atoms with van der Waals surface area (Å²) >= 11 is 0. The van der Waals surface area contributed by atoms with Crippen LogP contribution in [0.3, 0.4) is 0 Å². The number of allylic oxidation sites excluding steroid dienone is 4. The monoisotopic (exact) mass is 323 g/mol. The van der Waals surface area contributed by atoms with Crippen LogP contribution in [-0.2, 0) is 0 Å². The number of nitriles is 3. The molecule has 0 unspecified atom stereocenters. The second-order valence-electron chi connectivity index (χ2n) is 7.71. The summed E-state index contributed by atoms with van der Waals surface area (Å²) in [7, 11) is 4.22. The molecule has 2 rings (SSSR count). The Morgan fingerprint density at radius 1 is 1.08 bits per heavy atom. The number of hydrogen-bond acceptors (Lipinski definition) is 5. The molecule has 0 aromatic rings. The van der Waals surface area contributed by atoms with Crippen LogP contribution in [0, 0.1) is 39.4 Å². The van der Waals surface area contributed by atoms with Crippen molar-refractivity contribution >= 4 is 0 Å². The molecule has 1 saturated heterocycles. The third kappa shape index (κ3) is 3.61. The van der Waals surface area contributed by atoms with Gasteiger partial charge in [-0.2, -0.15) is 15.8 Å². The van der Waals surface area contributed by atoms with Crippen molar-refractivity contribution in [2.75, 3.05) is 27.2 Å². The van der Waals surface area contributed by atoms with Crippen molar-refractivity contribution in [3.63, 3.8) is 0 Å². The second-order valence-corrected chi connectivity index (χ2v) is 7.71. The zero-order valence-electron chi connectivity index (χ0n) is 15.1. The summed E-state index contributed by atoms with van der Waals surface area (Å²) in [5.41, 5.74) is 2.23. The Hall–Kier alpha value is -2.29. The number of hydrogen-bond donors (Lipinski definition) is 0. The smallest absolute Gasteiger partial charge is 0.134 e. The molecular weight excluding hydrogens is 298 g/mol. The molecule has 0 aromatic carbocycles. The van der Waals surface area contributed by atoms with Gasteiger partial charge in [-0.1, -0.05) is 13.8 Å². The van der Waals surface area contributed by atoms with Crippen LogP contribution in [0.1, 0.15) is 39.5 Å². The number of piperidine rings is 1. The van der Waals surface area contributed by atoms with Gasteiger partial charge in [-0.25, -0.2) is 0 Å². The van der Waals surface area contributed by atoms with Gasteiger partial charge in [0.1, 0.15) is 23.8 Å². The third-order valence-corrected chi connectivity index (χ3v) is 5.11. The predicted octanol–water partition coefficient (Wildman–Crippen LogP) is 2.95.